The van der Waals surface area contributed by atoms with E-state index in [0.717, 1.165) is 0 Å². The number of rotatable bonds is 11. The molecule has 0 aliphatic carbocycles. The van der Waals surface area contributed by atoms with Crippen molar-refractivity contribution in [2.75, 3.05) is 0 Å². The number of nitrogens with two attached hydrogens (primary N) is 1. The second kappa shape index (κ2) is 14.3. The van der Waals surface area contributed by atoms with Gasteiger partial charge in [0.2, 0.25) is 5.91 Å². The van der Waals surface area contributed by atoms with E-state index in [1.54, 1.807) is 68.6 Å². The van der Waals surface area contributed by atoms with Crippen molar-refractivity contribution in [3.8, 4) is 0 Å². The Labute approximate surface area is 235 Å². The lowest BCUT2D eigenvalue weighted by atomic mass is 9.94. The predicted molar refractivity (Wildman–Crippen MR) is 143 cm³/mol. The molecule has 0 saturated carbocycles. The highest BCUT2D eigenvalue weighted by molar-refractivity contribution is 5.97. The van der Waals surface area contributed by atoms with Gasteiger partial charge in [0, 0.05) is 25.6 Å². The molecule has 0 saturated heterocycles. The van der Waals surface area contributed by atoms with E-state index in [4.69, 9.17) is 10.5 Å². The number of oxime groups is 1. The first kappa shape index (κ1) is 32.8. The molecule has 2 aromatic rings. The summed E-state index contributed by atoms with van der Waals surface area (Å²) in [5, 5.41) is 8.11. The molecule has 0 heterocycles. The number of amides is 2. The Morgan fingerprint density at radius 1 is 0.927 bits per heavy atom. The summed E-state index contributed by atoms with van der Waals surface area (Å²) in [6, 6.07) is 13.0. The summed E-state index contributed by atoms with van der Waals surface area (Å²) >= 11 is 0. The van der Waals surface area contributed by atoms with E-state index in [0.29, 0.717) is 22.3 Å². The highest BCUT2D eigenvalue weighted by Gasteiger charge is 2.38. The Bertz CT molecular complexity index is 1270. The highest BCUT2D eigenvalue weighted by Crippen LogP contribution is 2.19. The quantitative estimate of drug-likeness (QED) is 0.122. The van der Waals surface area contributed by atoms with E-state index < -0.39 is 41.4 Å². The van der Waals surface area contributed by atoms with Gasteiger partial charge in [0.25, 0.3) is 0 Å². The summed E-state index contributed by atoms with van der Waals surface area (Å²) < 4.78 is 42.9. The SMILES string of the molecule is CC(=O)O/N=C(\N)c1ccc(CNC(=O)[C@@H](CC(=O)OC(C)(C)C)Cc2cccc(CNC(=O)C(F)(F)F)c2)cc1. The van der Waals surface area contributed by atoms with Crippen LogP contribution < -0.4 is 16.4 Å². The van der Waals surface area contributed by atoms with Crippen LogP contribution in [0.25, 0.3) is 0 Å². The maximum absolute atomic E-state index is 13.2. The average Bonchev–Trinajstić information content (AvgIpc) is 2.87. The number of halogens is 3. The van der Waals surface area contributed by atoms with Gasteiger partial charge in [0.05, 0.1) is 12.3 Å². The number of carbonyl (C=O) groups is 4. The van der Waals surface area contributed by atoms with Crippen LogP contribution in [0.2, 0.25) is 0 Å². The highest BCUT2D eigenvalue weighted by atomic mass is 19.4. The largest absolute Gasteiger partial charge is 0.471 e. The first-order valence-corrected chi connectivity index (χ1v) is 12.6. The van der Waals surface area contributed by atoms with Crippen LogP contribution in [0.5, 0.6) is 0 Å². The van der Waals surface area contributed by atoms with Crippen LogP contribution in [-0.2, 0) is 48.3 Å². The second-order valence-electron chi connectivity index (χ2n) is 10.2. The van der Waals surface area contributed by atoms with E-state index >= 15 is 0 Å². The van der Waals surface area contributed by atoms with Gasteiger partial charge in [-0.05, 0) is 43.9 Å². The van der Waals surface area contributed by atoms with Crippen LogP contribution in [0, 0.1) is 5.92 Å². The minimum atomic E-state index is -5.00. The number of nitrogens with one attached hydrogen (secondary N) is 2. The third-order valence-corrected chi connectivity index (χ3v) is 5.38. The fourth-order valence-electron chi connectivity index (χ4n) is 3.57. The Kier molecular flexibility index (Phi) is 11.4. The summed E-state index contributed by atoms with van der Waals surface area (Å²) in [5.74, 6) is -4.56. The standard InChI is InChI=1S/C28H33F3N4O6/c1-17(36)41-35-24(32)21-10-8-18(9-11-21)15-33-25(38)22(14-23(37)40-27(2,3)4)13-19-6-5-7-20(12-19)16-34-26(39)28(29,30)31/h5-12,22H,13-16H2,1-4H3,(H2,32,35)(H,33,38)(H,34,39)/t22-/m1/s1. The summed E-state index contributed by atoms with van der Waals surface area (Å²) in [6.07, 6.45) is -5.15. The van der Waals surface area contributed by atoms with Crippen LogP contribution in [0.1, 0.15) is 56.4 Å². The maximum Gasteiger partial charge on any atom is 0.471 e. The topological polar surface area (TPSA) is 149 Å². The van der Waals surface area contributed by atoms with Crippen LogP contribution in [0.15, 0.2) is 53.7 Å². The van der Waals surface area contributed by atoms with E-state index in [9.17, 15) is 32.3 Å². The van der Waals surface area contributed by atoms with E-state index in [1.807, 2.05) is 0 Å². The number of nitrogens with zero attached hydrogens (tertiary/aromatic N) is 1. The molecular formula is C28H33F3N4O6. The Morgan fingerprint density at radius 3 is 2.12 bits per heavy atom. The van der Waals surface area contributed by atoms with Gasteiger partial charge in [0.1, 0.15) is 5.60 Å². The zero-order valence-electron chi connectivity index (χ0n) is 23.1. The predicted octanol–water partition coefficient (Wildman–Crippen LogP) is 3.26. The smallest absolute Gasteiger partial charge is 0.460 e. The summed E-state index contributed by atoms with van der Waals surface area (Å²) in [5.41, 5.74) is 7.19. The zero-order valence-corrected chi connectivity index (χ0v) is 23.1. The summed E-state index contributed by atoms with van der Waals surface area (Å²) in [6.45, 7) is 6.05. The Morgan fingerprint density at radius 2 is 1.54 bits per heavy atom. The third kappa shape index (κ3) is 12.1. The fourth-order valence-corrected chi connectivity index (χ4v) is 3.57. The molecule has 2 amide bonds. The molecule has 0 aliphatic rings. The van der Waals surface area contributed by atoms with Gasteiger partial charge in [-0.3, -0.25) is 14.4 Å². The number of ether oxygens (including phenoxy) is 1. The van der Waals surface area contributed by atoms with Crippen molar-refractivity contribution >= 4 is 29.6 Å². The summed E-state index contributed by atoms with van der Waals surface area (Å²) in [7, 11) is 0. The van der Waals surface area contributed by atoms with Gasteiger partial charge in [0.15, 0.2) is 5.84 Å². The van der Waals surface area contributed by atoms with Crippen molar-refractivity contribution in [3.05, 3.63) is 70.8 Å². The van der Waals surface area contributed by atoms with E-state index in [2.05, 4.69) is 15.3 Å². The molecule has 0 unspecified atom stereocenters. The Balaban J connectivity index is 2.12. The third-order valence-electron chi connectivity index (χ3n) is 5.38. The van der Waals surface area contributed by atoms with Crippen LogP contribution in [0.4, 0.5) is 13.2 Å². The van der Waals surface area contributed by atoms with Gasteiger partial charge in [-0.1, -0.05) is 53.7 Å². The molecule has 0 aromatic heterocycles. The molecule has 2 rings (SSSR count). The van der Waals surface area contributed by atoms with Gasteiger partial charge in [-0.25, -0.2) is 4.79 Å². The van der Waals surface area contributed by atoms with Gasteiger partial charge in [-0.15, -0.1) is 0 Å². The molecule has 2 aromatic carbocycles. The molecular weight excluding hydrogens is 545 g/mol. The number of alkyl halides is 3. The molecule has 222 valence electrons. The van der Waals surface area contributed by atoms with Gasteiger partial charge >= 0.3 is 24.0 Å². The maximum atomic E-state index is 13.2. The molecule has 0 aliphatic heterocycles. The van der Waals surface area contributed by atoms with Crippen molar-refractivity contribution in [1.29, 1.82) is 0 Å². The monoisotopic (exact) mass is 578 g/mol. The molecule has 0 bridgehead atoms. The van der Waals surface area contributed by atoms with Crippen LogP contribution in [0.3, 0.4) is 0 Å². The normalized spacial score (nSPS) is 12.7. The molecule has 4 N–H and O–H groups in total. The average molecular weight is 579 g/mol. The molecule has 0 fully saturated rings. The lowest BCUT2D eigenvalue weighted by molar-refractivity contribution is -0.173. The number of carbonyl (C=O) groups excluding carboxylic acids is 4. The lowest BCUT2D eigenvalue weighted by Gasteiger charge is -2.22. The number of hydrogen-bond acceptors (Lipinski definition) is 7. The lowest BCUT2D eigenvalue weighted by Crippen LogP contribution is -2.36. The molecule has 0 radical (unpaired) electrons. The van der Waals surface area contributed by atoms with Crippen molar-refractivity contribution in [1.82, 2.24) is 10.6 Å². The molecule has 0 spiro atoms. The van der Waals surface area contributed by atoms with Crippen molar-refractivity contribution in [3.63, 3.8) is 0 Å². The molecule has 13 heteroatoms. The minimum absolute atomic E-state index is 0.00610. The first-order valence-electron chi connectivity index (χ1n) is 12.6. The van der Waals surface area contributed by atoms with Crippen LogP contribution >= 0.6 is 0 Å². The number of esters is 1. The van der Waals surface area contributed by atoms with E-state index in [1.165, 1.54) is 13.0 Å². The minimum Gasteiger partial charge on any atom is -0.460 e. The fraction of sp³-hybridized carbons (Fsp3) is 0.393. The molecule has 41 heavy (non-hydrogen) atoms. The number of benzene rings is 2. The molecule has 1 atom stereocenters. The summed E-state index contributed by atoms with van der Waals surface area (Å²) in [4.78, 5) is 52.3. The second-order valence-corrected chi connectivity index (χ2v) is 10.2. The van der Waals surface area contributed by atoms with E-state index in [-0.39, 0.29) is 31.8 Å². The van der Waals surface area contributed by atoms with Crippen LogP contribution in [-0.4, -0.2) is 41.4 Å². The van der Waals surface area contributed by atoms with Gasteiger partial charge < -0.3 is 25.9 Å². The van der Waals surface area contributed by atoms with Crippen molar-refractivity contribution in [2.24, 2.45) is 16.8 Å². The number of amidine groups is 1. The van der Waals surface area contributed by atoms with Gasteiger partial charge in [-0.2, -0.15) is 13.2 Å². The van der Waals surface area contributed by atoms with Crippen molar-refractivity contribution < 1.29 is 41.9 Å². The number of hydrogen-bond donors (Lipinski definition) is 3. The first-order chi connectivity index (χ1) is 19.0. The Hall–Kier alpha value is -4.42. The molecule has 10 nitrogen and oxygen atoms in total. The zero-order chi connectivity index (χ0) is 30.8. The van der Waals surface area contributed by atoms with Crippen molar-refractivity contribution in [2.45, 2.75) is 65.4 Å².